The molecule has 1 aliphatic rings. The van der Waals surface area contributed by atoms with Crippen molar-refractivity contribution in [3.63, 3.8) is 0 Å². The second kappa shape index (κ2) is 9.05. The number of thiocarbonyl (C=S) groups is 1. The molecule has 2 amide bonds. The highest BCUT2D eigenvalue weighted by Gasteiger charge is 2.35. The average molecular weight is 458 g/mol. The minimum atomic E-state index is -1.15. The van der Waals surface area contributed by atoms with Crippen LogP contribution in [-0.2, 0) is 9.59 Å². The topological polar surface area (TPSA) is 95.9 Å². The van der Waals surface area contributed by atoms with E-state index in [-0.39, 0.29) is 28.5 Å². The summed E-state index contributed by atoms with van der Waals surface area (Å²) in [6.45, 7) is 3.90. The molecule has 1 aliphatic heterocycles. The van der Waals surface area contributed by atoms with Crippen LogP contribution in [0.25, 0.3) is 16.8 Å². The molecule has 0 unspecified atom stereocenters. The van der Waals surface area contributed by atoms with Gasteiger partial charge in [-0.1, -0.05) is 49.1 Å². The maximum absolute atomic E-state index is 13.4. The zero-order valence-electron chi connectivity index (χ0n) is 17.3. The third-order valence-corrected chi connectivity index (χ3v) is 5.31. The Kier molecular flexibility index (Phi) is 6.01. The Balaban J connectivity index is 1.85. The van der Waals surface area contributed by atoms with Crippen molar-refractivity contribution >= 4 is 57.6 Å². The fraction of sp³-hybridized carbons (Fsp3) is 0.0400. The molecule has 164 valence electrons. The van der Waals surface area contributed by atoms with Crippen molar-refractivity contribution in [3.8, 4) is 5.75 Å². The molecule has 1 heterocycles. The maximum Gasteiger partial charge on any atom is 0.335 e. The van der Waals surface area contributed by atoms with E-state index >= 15 is 0 Å². The van der Waals surface area contributed by atoms with Gasteiger partial charge in [-0.15, -0.1) is 0 Å². The Labute approximate surface area is 194 Å². The number of benzene rings is 3. The summed E-state index contributed by atoms with van der Waals surface area (Å²) in [6.07, 6.45) is 3.06. The van der Waals surface area contributed by atoms with Gasteiger partial charge in [0.25, 0.3) is 11.8 Å². The smallest absolute Gasteiger partial charge is 0.335 e. The van der Waals surface area contributed by atoms with Crippen molar-refractivity contribution < 1.29 is 24.2 Å². The largest absolute Gasteiger partial charge is 0.489 e. The van der Waals surface area contributed by atoms with Gasteiger partial charge in [0.1, 0.15) is 17.9 Å². The molecule has 1 fully saturated rings. The van der Waals surface area contributed by atoms with E-state index in [1.807, 2.05) is 30.3 Å². The number of aromatic carboxylic acids is 1. The molecule has 0 aliphatic carbocycles. The van der Waals surface area contributed by atoms with Gasteiger partial charge < -0.3 is 9.84 Å². The van der Waals surface area contributed by atoms with Crippen LogP contribution >= 0.6 is 12.2 Å². The molecular formula is C25H18N2O5S. The summed E-state index contributed by atoms with van der Waals surface area (Å²) in [5, 5.41) is 13.4. The van der Waals surface area contributed by atoms with E-state index in [2.05, 4.69) is 11.9 Å². The highest BCUT2D eigenvalue weighted by Crippen LogP contribution is 2.32. The number of amides is 2. The predicted octanol–water partition coefficient (Wildman–Crippen LogP) is 3.93. The van der Waals surface area contributed by atoms with Gasteiger partial charge in [-0.2, -0.15) is 0 Å². The van der Waals surface area contributed by atoms with E-state index in [0.29, 0.717) is 11.3 Å². The van der Waals surface area contributed by atoms with Gasteiger partial charge in [-0.3, -0.25) is 19.8 Å². The second-order valence-corrected chi connectivity index (χ2v) is 7.50. The van der Waals surface area contributed by atoms with Gasteiger partial charge in [0.05, 0.1) is 11.3 Å². The van der Waals surface area contributed by atoms with E-state index in [1.165, 1.54) is 24.3 Å². The standard InChI is InChI=1S/C25H18N2O5S/c1-2-12-32-21-11-10-15-6-3-4-9-18(15)19(21)14-20-22(28)26-25(33)27(23(20)29)17-8-5-7-16(13-17)24(30)31/h2-11,13-14H,1,12H2,(H,30,31)(H,26,28,33). The summed E-state index contributed by atoms with van der Waals surface area (Å²) in [4.78, 5) is 38.6. The van der Waals surface area contributed by atoms with Crippen LogP contribution < -0.4 is 15.0 Å². The van der Waals surface area contributed by atoms with E-state index in [4.69, 9.17) is 17.0 Å². The zero-order valence-corrected chi connectivity index (χ0v) is 18.1. The predicted molar refractivity (Wildman–Crippen MR) is 129 cm³/mol. The van der Waals surface area contributed by atoms with Crippen LogP contribution in [0.5, 0.6) is 5.75 Å². The molecule has 2 N–H and O–H groups in total. The van der Waals surface area contributed by atoms with Gasteiger partial charge in [0.2, 0.25) is 0 Å². The van der Waals surface area contributed by atoms with E-state index in [1.54, 1.807) is 18.2 Å². The second-order valence-electron chi connectivity index (χ2n) is 7.11. The fourth-order valence-corrected chi connectivity index (χ4v) is 3.79. The van der Waals surface area contributed by atoms with E-state index in [9.17, 15) is 19.5 Å². The molecule has 3 aromatic carbocycles. The Morgan fingerprint density at radius 1 is 1.12 bits per heavy atom. The van der Waals surface area contributed by atoms with Gasteiger partial charge in [0.15, 0.2) is 5.11 Å². The molecule has 0 saturated carbocycles. The minimum Gasteiger partial charge on any atom is -0.489 e. The number of carboxylic acids is 1. The number of nitrogens with one attached hydrogen (secondary N) is 1. The lowest BCUT2D eigenvalue weighted by Crippen LogP contribution is -2.54. The highest BCUT2D eigenvalue weighted by molar-refractivity contribution is 7.80. The summed E-state index contributed by atoms with van der Waals surface area (Å²) in [5.41, 5.74) is 0.612. The quantitative estimate of drug-likeness (QED) is 0.252. The number of anilines is 1. The van der Waals surface area contributed by atoms with Crippen LogP contribution in [0, 0.1) is 0 Å². The average Bonchev–Trinajstić information content (AvgIpc) is 2.80. The first-order valence-corrected chi connectivity index (χ1v) is 10.3. The lowest BCUT2D eigenvalue weighted by molar-refractivity contribution is -0.122. The van der Waals surface area contributed by atoms with Crippen LogP contribution in [0.3, 0.4) is 0 Å². The molecule has 0 spiro atoms. The molecule has 33 heavy (non-hydrogen) atoms. The van der Waals surface area contributed by atoms with Crippen LogP contribution in [0.4, 0.5) is 5.69 Å². The minimum absolute atomic E-state index is 0.0142. The number of carbonyl (C=O) groups is 3. The van der Waals surface area contributed by atoms with Gasteiger partial charge in [-0.25, -0.2) is 4.79 Å². The number of carboxylic acid groups (broad SMARTS) is 1. The summed E-state index contributed by atoms with van der Waals surface area (Å²) >= 11 is 5.21. The first-order valence-electron chi connectivity index (χ1n) is 9.91. The van der Waals surface area contributed by atoms with Gasteiger partial charge in [0, 0.05) is 5.56 Å². The number of hydrogen-bond acceptors (Lipinski definition) is 5. The first-order chi connectivity index (χ1) is 15.9. The number of hydrogen-bond donors (Lipinski definition) is 2. The van der Waals surface area contributed by atoms with Gasteiger partial charge in [-0.05, 0) is 53.3 Å². The lowest BCUT2D eigenvalue weighted by Gasteiger charge is -2.29. The highest BCUT2D eigenvalue weighted by atomic mass is 32.1. The molecule has 0 bridgehead atoms. The van der Waals surface area contributed by atoms with Crippen LogP contribution in [-0.4, -0.2) is 34.6 Å². The molecule has 1 saturated heterocycles. The third-order valence-electron chi connectivity index (χ3n) is 5.03. The number of ether oxygens (including phenoxy) is 1. The third kappa shape index (κ3) is 4.24. The molecule has 4 rings (SSSR count). The lowest BCUT2D eigenvalue weighted by atomic mass is 9.99. The molecule has 7 nitrogen and oxygen atoms in total. The Bertz CT molecular complexity index is 1360. The van der Waals surface area contributed by atoms with Crippen LogP contribution in [0.2, 0.25) is 0 Å². The van der Waals surface area contributed by atoms with Gasteiger partial charge >= 0.3 is 5.97 Å². The van der Waals surface area contributed by atoms with Crippen LogP contribution in [0.1, 0.15) is 15.9 Å². The normalized spacial score (nSPS) is 15.0. The molecule has 3 aromatic rings. The van der Waals surface area contributed by atoms with Crippen molar-refractivity contribution in [1.29, 1.82) is 0 Å². The van der Waals surface area contributed by atoms with Crippen molar-refractivity contribution in [3.05, 3.63) is 90.0 Å². The summed E-state index contributed by atoms with van der Waals surface area (Å²) < 4.78 is 5.77. The molecule has 0 aromatic heterocycles. The Morgan fingerprint density at radius 3 is 2.67 bits per heavy atom. The van der Waals surface area contributed by atoms with E-state index in [0.717, 1.165) is 15.7 Å². The van der Waals surface area contributed by atoms with Crippen molar-refractivity contribution in [2.45, 2.75) is 0 Å². The van der Waals surface area contributed by atoms with Crippen molar-refractivity contribution in [1.82, 2.24) is 5.32 Å². The Morgan fingerprint density at radius 2 is 1.91 bits per heavy atom. The number of fused-ring (bicyclic) bond motifs is 1. The molecule has 8 heteroatoms. The number of rotatable bonds is 6. The molecular weight excluding hydrogens is 440 g/mol. The van der Waals surface area contributed by atoms with Crippen LogP contribution in [0.15, 0.2) is 78.9 Å². The maximum atomic E-state index is 13.4. The summed E-state index contributed by atoms with van der Waals surface area (Å²) in [6, 6.07) is 16.9. The fourth-order valence-electron chi connectivity index (χ4n) is 3.51. The SMILES string of the molecule is C=CCOc1ccc2ccccc2c1C=C1C(=O)NC(=S)N(c2cccc(C(=O)O)c2)C1=O. The van der Waals surface area contributed by atoms with Crippen molar-refractivity contribution in [2.24, 2.45) is 0 Å². The first kappa shape index (κ1) is 21.9. The summed E-state index contributed by atoms with van der Waals surface area (Å²) in [7, 11) is 0. The number of carbonyl (C=O) groups excluding carboxylic acids is 2. The zero-order chi connectivity index (χ0) is 23.5. The molecule has 0 radical (unpaired) electrons. The number of nitrogens with zero attached hydrogens (tertiary/aromatic N) is 1. The van der Waals surface area contributed by atoms with E-state index < -0.39 is 17.8 Å². The summed E-state index contributed by atoms with van der Waals surface area (Å²) in [5.74, 6) is -1.99. The van der Waals surface area contributed by atoms with Crippen molar-refractivity contribution in [2.75, 3.05) is 11.5 Å². The Hall–Kier alpha value is -4.30. The molecule has 0 atom stereocenters. The monoisotopic (exact) mass is 458 g/mol.